The third-order valence-corrected chi connectivity index (χ3v) is 5.16. The summed E-state index contributed by atoms with van der Waals surface area (Å²) in [5.41, 5.74) is 2.27. The lowest BCUT2D eigenvalue weighted by molar-refractivity contribution is 0.171. The van der Waals surface area contributed by atoms with Crippen molar-refractivity contribution in [2.75, 3.05) is 26.7 Å². The molecule has 0 aromatic carbocycles. The van der Waals surface area contributed by atoms with Crippen LogP contribution in [0, 0.1) is 5.92 Å². The zero-order valence-corrected chi connectivity index (χ0v) is 15.8. The Morgan fingerprint density at radius 2 is 2.13 bits per heavy atom. The Hall–Kier alpha value is -0.590. The highest BCUT2D eigenvalue weighted by molar-refractivity contribution is 7.13. The van der Waals surface area contributed by atoms with Crippen molar-refractivity contribution in [3.63, 3.8) is 0 Å². The van der Waals surface area contributed by atoms with Crippen molar-refractivity contribution in [1.29, 1.82) is 0 Å². The molecule has 7 heteroatoms. The molecule has 0 radical (unpaired) electrons. The maximum absolute atomic E-state index is 5.12. The maximum Gasteiger partial charge on any atom is 0.126 e. The van der Waals surface area contributed by atoms with Gasteiger partial charge in [0, 0.05) is 17.5 Å². The highest BCUT2D eigenvalue weighted by Crippen LogP contribution is 2.26. The van der Waals surface area contributed by atoms with Crippen LogP contribution < -0.4 is 5.32 Å². The number of piperidine rings is 1. The van der Waals surface area contributed by atoms with Crippen LogP contribution in [0.25, 0.3) is 10.6 Å². The van der Waals surface area contributed by atoms with Crippen molar-refractivity contribution in [2.24, 2.45) is 5.92 Å². The van der Waals surface area contributed by atoms with Gasteiger partial charge in [-0.3, -0.25) is 4.90 Å². The summed E-state index contributed by atoms with van der Waals surface area (Å²) in [7, 11) is 2.04. The van der Waals surface area contributed by atoms with E-state index in [1.54, 1.807) is 23.9 Å². The van der Waals surface area contributed by atoms with Crippen LogP contribution >= 0.6 is 36.2 Å². The lowest BCUT2D eigenvalue weighted by Crippen LogP contribution is -2.34. The summed E-state index contributed by atoms with van der Waals surface area (Å²) in [6, 6.07) is 1.97. The molecule has 130 valence electrons. The highest BCUT2D eigenvalue weighted by atomic mass is 35.5. The van der Waals surface area contributed by atoms with Crippen molar-refractivity contribution < 1.29 is 4.42 Å². The Labute approximate surface area is 154 Å². The number of hydrogen-bond donors (Lipinski definition) is 1. The van der Waals surface area contributed by atoms with Crippen LogP contribution in [0.15, 0.2) is 28.4 Å². The molecule has 23 heavy (non-hydrogen) atoms. The zero-order valence-electron chi connectivity index (χ0n) is 13.4. The predicted octanol–water partition coefficient (Wildman–Crippen LogP) is 4.07. The van der Waals surface area contributed by atoms with Gasteiger partial charge in [-0.15, -0.1) is 36.2 Å². The highest BCUT2D eigenvalue weighted by Gasteiger charge is 2.19. The van der Waals surface area contributed by atoms with E-state index in [2.05, 4.69) is 15.6 Å². The van der Waals surface area contributed by atoms with Gasteiger partial charge >= 0.3 is 0 Å². The van der Waals surface area contributed by atoms with E-state index in [4.69, 9.17) is 9.40 Å². The molecule has 1 aliphatic heterocycles. The smallest absolute Gasteiger partial charge is 0.126 e. The second-order valence-corrected chi connectivity index (χ2v) is 6.63. The first kappa shape index (κ1) is 20.5. The summed E-state index contributed by atoms with van der Waals surface area (Å²) < 4.78 is 5.12. The van der Waals surface area contributed by atoms with E-state index in [0.29, 0.717) is 0 Å². The fourth-order valence-corrected chi connectivity index (χ4v) is 3.71. The van der Waals surface area contributed by atoms with E-state index in [1.165, 1.54) is 38.0 Å². The lowest BCUT2D eigenvalue weighted by Gasteiger charge is -2.31. The number of thiazole rings is 1. The third kappa shape index (κ3) is 5.76. The first-order valence-electron chi connectivity index (χ1n) is 7.69. The number of halogens is 2. The topological polar surface area (TPSA) is 41.3 Å². The van der Waals surface area contributed by atoms with Crippen molar-refractivity contribution in [3.05, 3.63) is 29.7 Å². The van der Waals surface area contributed by atoms with Crippen LogP contribution in [-0.4, -0.2) is 36.6 Å². The Kier molecular flexibility index (Phi) is 9.17. The second kappa shape index (κ2) is 10.3. The molecule has 1 saturated heterocycles. The number of nitrogens with zero attached hydrogens (tertiary/aromatic N) is 2. The van der Waals surface area contributed by atoms with Gasteiger partial charge in [-0.1, -0.05) is 0 Å². The first-order valence-corrected chi connectivity index (χ1v) is 8.57. The van der Waals surface area contributed by atoms with E-state index in [9.17, 15) is 0 Å². The molecule has 0 saturated carbocycles. The van der Waals surface area contributed by atoms with E-state index in [-0.39, 0.29) is 24.8 Å². The molecule has 3 heterocycles. The minimum Gasteiger partial charge on any atom is -0.472 e. The Morgan fingerprint density at radius 3 is 2.78 bits per heavy atom. The first-order chi connectivity index (χ1) is 10.3. The van der Waals surface area contributed by atoms with Gasteiger partial charge in [0.15, 0.2) is 0 Å². The average molecular weight is 378 g/mol. The molecule has 1 N–H and O–H groups in total. The SMILES string of the molecule is CNCCC1CCN(Cc2csc(-c3ccoc3)n2)CC1.Cl.Cl. The summed E-state index contributed by atoms with van der Waals surface area (Å²) >= 11 is 1.70. The Morgan fingerprint density at radius 1 is 1.35 bits per heavy atom. The molecule has 1 fully saturated rings. The number of aromatic nitrogens is 1. The number of likely N-dealkylation sites (tertiary alicyclic amines) is 1. The van der Waals surface area contributed by atoms with Gasteiger partial charge in [0.2, 0.25) is 0 Å². The van der Waals surface area contributed by atoms with E-state index in [1.807, 2.05) is 13.1 Å². The fraction of sp³-hybridized carbons (Fsp3) is 0.562. The summed E-state index contributed by atoms with van der Waals surface area (Å²) in [5.74, 6) is 0.894. The molecule has 3 rings (SSSR count). The van der Waals surface area contributed by atoms with Crippen LogP contribution in [-0.2, 0) is 6.54 Å². The zero-order chi connectivity index (χ0) is 14.5. The van der Waals surface area contributed by atoms with Gasteiger partial charge in [-0.05, 0) is 57.9 Å². The molecule has 0 unspecified atom stereocenters. The van der Waals surface area contributed by atoms with Crippen LogP contribution in [0.1, 0.15) is 25.0 Å². The third-order valence-electron chi connectivity index (χ3n) is 4.22. The quantitative estimate of drug-likeness (QED) is 0.823. The van der Waals surface area contributed by atoms with Crippen LogP contribution in [0.4, 0.5) is 0 Å². The number of furan rings is 1. The minimum atomic E-state index is 0. The summed E-state index contributed by atoms with van der Waals surface area (Å²) in [5, 5.41) is 6.49. The maximum atomic E-state index is 5.12. The van der Waals surface area contributed by atoms with Crippen molar-refractivity contribution in [1.82, 2.24) is 15.2 Å². The minimum absolute atomic E-state index is 0. The van der Waals surface area contributed by atoms with E-state index < -0.39 is 0 Å². The molecular weight excluding hydrogens is 353 g/mol. The fourth-order valence-electron chi connectivity index (χ4n) is 2.91. The van der Waals surface area contributed by atoms with Gasteiger partial charge < -0.3 is 9.73 Å². The molecule has 1 aliphatic rings. The molecule has 0 aliphatic carbocycles. The summed E-state index contributed by atoms with van der Waals surface area (Å²) in [6.07, 6.45) is 7.41. The van der Waals surface area contributed by atoms with Crippen LogP contribution in [0.5, 0.6) is 0 Å². The normalized spacial score (nSPS) is 15.9. The molecule has 0 spiro atoms. The molecule has 2 aromatic rings. The Balaban J connectivity index is 0.00000132. The standard InChI is InChI=1S/C16H23N3OS.2ClH/c1-17-6-2-13-3-7-19(8-4-13)10-15-12-21-16(18-15)14-5-9-20-11-14;;/h5,9,11-13,17H,2-4,6-8,10H2,1H3;2*1H. The molecular formula is C16H25Cl2N3OS. The van der Waals surface area contributed by atoms with Crippen LogP contribution in [0.2, 0.25) is 0 Å². The van der Waals surface area contributed by atoms with Gasteiger partial charge in [-0.2, -0.15) is 0 Å². The molecule has 0 atom stereocenters. The van der Waals surface area contributed by atoms with Gasteiger partial charge in [0.05, 0.1) is 12.0 Å². The van der Waals surface area contributed by atoms with Crippen molar-refractivity contribution >= 4 is 36.2 Å². The van der Waals surface area contributed by atoms with Gasteiger partial charge in [0.25, 0.3) is 0 Å². The van der Waals surface area contributed by atoms with E-state index >= 15 is 0 Å². The van der Waals surface area contributed by atoms with E-state index in [0.717, 1.165) is 29.6 Å². The van der Waals surface area contributed by atoms with Gasteiger partial charge in [-0.25, -0.2) is 4.98 Å². The monoisotopic (exact) mass is 377 g/mol. The second-order valence-electron chi connectivity index (χ2n) is 5.77. The largest absolute Gasteiger partial charge is 0.472 e. The number of rotatable bonds is 6. The summed E-state index contributed by atoms with van der Waals surface area (Å²) in [4.78, 5) is 7.25. The Bertz CT molecular complexity index is 539. The van der Waals surface area contributed by atoms with Gasteiger partial charge in [0.1, 0.15) is 11.3 Å². The molecule has 4 nitrogen and oxygen atoms in total. The molecule has 0 bridgehead atoms. The summed E-state index contributed by atoms with van der Waals surface area (Å²) in [6.45, 7) is 4.53. The average Bonchev–Trinajstić information content (AvgIpc) is 3.17. The number of hydrogen-bond acceptors (Lipinski definition) is 5. The molecule has 0 amide bonds. The number of nitrogens with one attached hydrogen (secondary N) is 1. The van der Waals surface area contributed by atoms with Crippen LogP contribution in [0.3, 0.4) is 0 Å². The van der Waals surface area contributed by atoms with Crippen molar-refractivity contribution in [3.8, 4) is 10.6 Å². The van der Waals surface area contributed by atoms with Crippen molar-refractivity contribution in [2.45, 2.75) is 25.8 Å². The lowest BCUT2D eigenvalue weighted by atomic mass is 9.93. The predicted molar refractivity (Wildman–Crippen MR) is 101 cm³/mol. The molecule has 2 aromatic heterocycles.